The van der Waals surface area contributed by atoms with E-state index in [9.17, 15) is 15.2 Å². The van der Waals surface area contributed by atoms with Gasteiger partial charge in [0.2, 0.25) is 0 Å². The summed E-state index contributed by atoms with van der Waals surface area (Å²) in [6, 6.07) is 5.72. The summed E-state index contributed by atoms with van der Waals surface area (Å²) in [6.07, 6.45) is 3.50. The monoisotopic (exact) mass is 315 g/mol. The molecule has 1 heterocycles. The first-order valence-electron chi connectivity index (χ1n) is 3.19. The van der Waals surface area contributed by atoms with E-state index in [0.29, 0.717) is 0 Å². The van der Waals surface area contributed by atoms with Gasteiger partial charge in [0.1, 0.15) is 0 Å². The zero-order chi connectivity index (χ0) is 11.9. The Morgan fingerprint density at radius 2 is 1.53 bits per heavy atom. The summed E-state index contributed by atoms with van der Waals surface area (Å²) in [7, 11) is 4.32. The summed E-state index contributed by atoms with van der Waals surface area (Å²) in [6.45, 7) is 0. The molecule has 10 heteroatoms. The SMILES string of the molecule is [O]=[Cr](=[O])([OH])[O][Cr](=[O])(=[O])[Cl].c1ccncc1. The van der Waals surface area contributed by atoms with Crippen molar-refractivity contribution in [3.8, 4) is 0 Å². The molecule has 0 amide bonds. The number of hydrogen-bond donors (Lipinski definition) is 1. The third kappa shape index (κ3) is 13.6. The fraction of sp³-hybridized carbons (Fsp3) is 0. The van der Waals surface area contributed by atoms with E-state index in [4.69, 9.17) is 4.16 Å². The summed E-state index contributed by atoms with van der Waals surface area (Å²) in [4.78, 5) is 3.78. The van der Waals surface area contributed by atoms with Crippen molar-refractivity contribution in [2.24, 2.45) is 0 Å². The van der Waals surface area contributed by atoms with Crippen LogP contribution >= 0.6 is 10.0 Å². The van der Waals surface area contributed by atoms with Gasteiger partial charge in [0, 0.05) is 12.4 Å². The van der Waals surface area contributed by atoms with Crippen LogP contribution in [0.15, 0.2) is 30.6 Å². The Balaban J connectivity index is 0.000000280. The molecule has 1 aromatic rings. The van der Waals surface area contributed by atoms with Gasteiger partial charge >= 0.3 is 58.2 Å². The Morgan fingerprint density at radius 3 is 1.60 bits per heavy atom. The van der Waals surface area contributed by atoms with Crippen molar-refractivity contribution in [3.63, 3.8) is 0 Å². The minimum Gasteiger partial charge on any atom is -0.265 e. The van der Waals surface area contributed by atoms with E-state index >= 15 is 0 Å². The molecule has 1 aromatic heterocycles. The molecule has 0 spiro atoms. The Morgan fingerprint density at radius 1 is 1.07 bits per heavy atom. The molecule has 0 atom stereocenters. The van der Waals surface area contributed by atoms with Crippen molar-refractivity contribution in [1.29, 1.82) is 0 Å². The molecule has 0 aliphatic heterocycles. The number of pyridine rings is 1. The Kier molecular flexibility index (Phi) is 6.10. The van der Waals surface area contributed by atoms with Crippen LogP contribution in [0, 0.1) is 0 Å². The van der Waals surface area contributed by atoms with Gasteiger partial charge in [0.15, 0.2) is 0 Å². The maximum absolute atomic E-state index is 9.74. The standard InChI is InChI=1S/C5H5N.ClH.2Cr.H2O.5O/c1-2-4-6-5-3-1;;;;;;;;;/h1-5H;1H;;;1H2;;;;;/q;;2*+1;;;;;;/p-2. The van der Waals surface area contributed by atoms with E-state index in [0.717, 1.165) is 0 Å². The van der Waals surface area contributed by atoms with Crippen molar-refractivity contribution in [1.82, 2.24) is 4.98 Å². The minimum atomic E-state index is -5.64. The number of halogens is 1. The maximum atomic E-state index is 9.74. The largest absolute Gasteiger partial charge is 0.265 e. The Labute approximate surface area is 93.7 Å². The minimum absolute atomic E-state index is 1.75. The first-order valence-corrected chi connectivity index (χ1v) is 8.63. The first-order chi connectivity index (χ1) is 6.71. The second-order valence-corrected chi connectivity index (χ2v) is 7.12. The fourth-order valence-corrected chi connectivity index (χ4v) is 3.16. The molecule has 0 fully saturated rings. The van der Waals surface area contributed by atoms with Crippen LogP contribution in [-0.4, -0.2) is 9.14 Å². The van der Waals surface area contributed by atoms with E-state index in [1.165, 1.54) is 0 Å². The van der Waals surface area contributed by atoms with Gasteiger partial charge in [-0.15, -0.1) is 0 Å². The fourth-order valence-electron chi connectivity index (χ4n) is 0.415. The Hall–Kier alpha value is -0.375. The summed E-state index contributed by atoms with van der Waals surface area (Å²) in [5.41, 5.74) is 0. The molecule has 0 aliphatic rings. The van der Waals surface area contributed by atoms with Crippen LogP contribution in [0.2, 0.25) is 0 Å². The normalized spacial score (nSPS) is 11.3. The van der Waals surface area contributed by atoms with Gasteiger partial charge in [-0.3, -0.25) is 4.98 Å². The smallest absolute Gasteiger partial charge is 0.0267 e. The van der Waals surface area contributed by atoms with Crippen LogP contribution in [0.3, 0.4) is 0 Å². The van der Waals surface area contributed by atoms with Crippen LogP contribution < -0.4 is 0 Å². The molecule has 0 unspecified atom stereocenters. The van der Waals surface area contributed by atoms with Crippen LogP contribution in [0.25, 0.3) is 0 Å². The number of nitrogens with zero attached hydrogens (tertiary/aromatic N) is 1. The third-order valence-corrected chi connectivity index (χ3v) is 4.28. The van der Waals surface area contributed by atoms with Crippen molar-refractivity contribution >= 4 is 10.0 Å². The third-order valence-electron chi connectivity index (χ3n) is 0.734. The van der Waals surface area contributed by atoms with Crippen LogP contribution in [-0.2, 0) is 44.0 Å². The zero-order valence-electron chi connectivity index (χ0n) is 7.02. The molecule has 86 valence electrons. The average Bonchev–Trinajstić information content (AvgIpc) is 2.01. The maximum Gasteiger partial charge on any atom is 0.0267 e. The zero-order valence-corrected chi connectivity index (χ0v) is 10.3. The van der Waals surface area contributed by atoms with Gasteiger partial charge in [0.25, 0.3) is 0 Å². The van der Waals surface area contributed by atoms with Crippen LogP contribution in [0.4, 0.5) is 0 Å². The van der Waals surface area contributed by atoms with Crippen molar-refractivity contribution in [2.45, 2.75) is 0 Å². The molecule has 0 saturated carbocycles. The van der Waals surface area contributed by atoms with Crippen molar-refractivity contribution < 1.29 is 48.2 Å². The number of rotatable bonds is 2. The van der Waals surface area contributed by atoms with E-state index in [2.05, 4.69) is 17.9 Å². The molecule has 0 bridgehead atoms. The van der Waals surface area contributed by atoms with Crippen LogP contribution in [0.5, 0.6) is 0 Å². The first kappa shape index (κ1) is 14.6. The van der Waals surface area contributed by atoms with Crippen LogP contribution in [0.1, 0.15) is 0 Å². The predicted octanol–water partition coefficient (Wildman–Crippen LogP) is 0.665. The quantitative estimate of drug-likeness (QED) is 0.853. The van der Waals surface area contributed by atoms with Gasteiger partial charge in [-0.25, -0.2) is 0 Å². The molecule has 15 heavy (non-hydrogen) atoms. The average molecular weight is 316 g/mol. The second kappa shape index (κ2) is 6.26. The van der Waals surface area contributed by atoms with Gasteiger partial charge in [-0.2, -0.15) is 0 Å². The van der Waals surface area contributed by atoms with E-state index in [1.54, 1.807) is 12.4 Å². The molecule has 0 aliphatic carbocycles. The topological polar surface area (TPSA) is 111 Å². The Bertz CT molecular complexity index is 413. The molecule has 1 N–H and O–H groups in total. The molecule has 1 rings (SSSR count). The van der Waals surface area contributed by atoms with E-state index in [1.807, 2.05) is 18.2 Å². The molecule has 7 nitrogen and oxygen atoms in total. The summed E-state index contributed by atoms with van der Waals surface area (Å²) >= 11 is -10.9. The summed E-state index contributed by atoms with van der Waals surface area (Å²) in [5.74, 6) is 0. The summed E-state index contributed by atoms with van der Waals surface area (Å²) < 4.78 is 49.5. The number of hydrogen-bond acceptors (Lipinski definition) is 6. The molecule has 0 saturated heterocycles. The molecule has 0 radical (unpaired) electrons. The molecule has 0 aromatic carbocycles. The van der Waals surface area contributed by atoms with Gasteiger partial charge < -0.3 is 0 Å². The van der Waals surface area contributed by atoms with E-state index in [-0.39, 0.29) is 0 Å². The second-order valence-electron chi connectivity index (χ2n) is 1.91. The van der Waals surface area contributed by atoms with Crippen molar-refractivity contribution in [3.05, 3.63) is 30.6 Å². The number of aromatic nitrogens is 1. The van der Waals surface area contributed by atoms with Gasteiger partial charge in [-0.1, -0.05) is 6.07 Å². The molecular formula is C5H6ClCr2NO6. The van der Waals surface area contributed by atoms with Crippen molar-refractivity contribution in [2.75, 3.05) is 0 Å². The summed E-state index contributed by atoms with van der Waals surface area (Å²) in [5, 5.41) is 0. The predicted molar refractivity (Wildman–Crippen MR) is 36.1 cm³/mol. The van der Waals surface area contributed by atoms with Gasteiger partial charge in [-0.05, 0) is 12.1 Å². The molecular weight excluding hydrogens is 310 g/mol. The van der Waals surface area contributed by atoms with E-state index < -0.39 is 26.0 Å². The van der Waals surface area contributed by atoms with Gasteiger partial charge in [0.05, 0.1) is 0 Å².